The normalized spacial score (nSPS) is 10.6. The fourth-order valence-electron chi connectivity index (χ4n) is 1.49. The van der Waals surface area contributed by atoms with E-state index < -0.39 is 12.1 Å². The molecule has 0 radical (unpaired) electrons. The Morgan fingerprint density at radius 2 is 2.09 bits per heavy atom. The molecule has 126 valence electrons. The molecule has 1 rings (SSSR count). The number of unbranched alkanes of at least 4 members (excludes halogenated alkanes) is 1. The lowest BCUT2D eigenvalue weighted by molar-refractivity contribution is 0.0526. The van der Waals surface area contributed by atoms with Crippen LogP contribution >= 0.6 is 23.2 Å². The number of hydrogen-bond donors (Lipinski definition) is 1. The molecule has 0 aliphatic heterocycles. The maximum Gasteiger partial charge on any atom is 0.427 e. The summed E-state index contributed by atoms with van der Waals surface area (Å²) < 4.78 is 9.76. The van der Waals surface area contributed by atoms with E-state index >= 15 is 0 Å². The van der Waals surface area contributed by atoms with Gasteiger partial charge < -0.3 is 9.47 Å². The van der Waals surface area contributed by atoms with Gasteiger partial charge in [0.1, 0.15) is 16.4 Å². The molecule has 1 amide bonds. The Morgan fingerprint density at radius 3 is 2.74 bits per heavy atom. The van der Waals surface area contributed by atoms with Gasteiger partial charge in [0.05, 0.1) is 24.5 Å². The summed E-state index contributed by atoms with van der Waals surface area (Å²) in [4.78, 5) is 27.2. The van der Waals surface area contributed by atoms with Crippen LogP contribution in [-0.2, 0) is 9.47 Å². The summed E-state index contributed by atoms with van der Waals surface area (Å²) in [7, 11) is 0. The van der Waals surface area contributed by atoms with E-state index in [-0.39, 0.29) is 28.0 Å². The maximum atomic E-state index is 11.9. The van der Waals surface area contributed by atoms with Crippen LogP contribution in [0.3, 0.4) is 0 Å². The van der Waals surface area contributed by atoms with E-state index in [9.17, 15) is 9.59 Å². The number of hydrazone groups is 1. The third-order valence-electron chi connectivity index (χ3n) is 2.52. The second-order valence-electron chi connectivity index (χ2n) is 4.27. The average molecular weight is 362 g/mol. The topological polar surface area (TPSA) is 89.9 Å². The van der Waals surface area contributed by atoms with Crippen molar-refractivity contribution in [2.45, 2.75) is 26.7 Å². The Kier molecular flexibility index (Phi) is 8.36. The molecule has 0 aliphatic carbocycles. The highest BCUT2D eigenvalue weighted by Crippen LogP contribution is 2.22. The maximum absolute atomic E-state index is 11.9. The van der Waals surface area contributed by atoms with E-state index in [2.05, 4.69) is 15.5 Å². The van der Waals surface area contributed by atoms with Gasteiger partial charge in [-0.1, -0.05) is 36.5 Å². The first-order valence-electron chi connectivity index (χ1n) is 6.98. The number of nitrogens with zero attached hydrogens (tertiary/aromatic N) is 2. The summed E-state index contributed by atoms with van der Waals surface area (Å²) in [5, 5.41) is 3.83. The van der Waals surface area contributed by atoms with Crippen LogP contribution in [-0.4, -0.2) is 36.5 Å². The summed E-state index contributed by atoms with van der Waals surface area (Å²) in [5.74, 6) is -0.659. The van der Waals surface area contributed by atoms with Crippen LogP contribution in [0.4, 0.5) is 4.79 Å². The Labute approximate surface area is 144 Å². The number of halogens is 2. The number of nitrogens with one attached hydrogen (secondary N) is 1. The zero-order valence-electron chi connectivity index (χ0n) is 12.8. The standard InChI is InChI=1S/C14H17Cl2N3O4/c1-3-5-6-23-14(21)19-17-8-10-12(13(20)22-4-2)9(15)7-11(16)18-10/h7-8H,3-6H2,1-2H3,(H,19,21). The lowest BCUT2D eigenvalue weighted by Crippen LogP contribution is -2.20. The number of rotatable bonds is 7. The molecule has 0 saturated heterocycles. The van der Waals surface area contributed by atoms with Gasteiger partial charge in [-0.05, 0) is 19.4 Å². The van der Waals surface area contributed by atoms with Crippen LogP contribution < -0.4 is 5.43 Å². The number of esters is 1. The van der Waals surface area contributed by atoms with Gasteiger partial charge in [-0.2, -0.15) is 5.10 Å². The Balaban J connectivity index is 2.84. The van der Waals surface area contributed by atoms with Crippen molar-refractivity contribution in [2.75, 3.05) is 13.2 Å². The Morgan fingerprint density at radius 1 is 1.35 bits per heavy atom. The van der Waals surface area contributed by atoms with Crippen LogP contribution in [0.15, 0.2) is 11.2 Å². The van der Waals surface area contributed by atoms with E-state index in [1.165, 1.54) is 6.07 Å². The predicted molar refractivity (Wildman–Crippen MR) is 87.2 cm³/mol. The number of ether oxygens (including phenoxy) is 2. The molecule has 1 aromatic rings. The predicted octanol–water partition coefficient (Wildman–Crippen LogP) is 3.43. The van der Waals surface area contributed by atoms with Gasteiger partial charge >= 0.3 is 12.1 Å². The first-order valence-corrected chi connectivity index (χ1v) is 7.74. The number of aromatic nitrogens is 1. The third kappa shape index (κ3) is 6.42. The first kappa shape index (κ1) is 19.2. The van der Waals surface area contributed by atoms with E-state index in [1.807, 2.05) is 6.92 Å². The summed E-state index contributed by atoms with van der Waals surface area (Å²) in [5.41, 5.74) is 2.25. The molecule has 1 aromatic heterocycles. The van der Waals surface area contributed by atoms with Crippen molar-refractivity contribution in [3.05, 3.63) is 27.5 Å². The van der Waals surface area contributed by atoms with Crippen LogP contribution in [0.25, 0.3) is 0 Å². The van der Waals surface area contributed by atoms with E-state index in [0.29, 0.717) is 6.61 Å². The molecule has 0 fully saturated rings. The molecule has 0 aliphatic rings. The zero-order chi connectivity index (χ0) is 17.2. The summed E-state index contributed by atoms with van der Waals surface area (Å²) in [6.07, 6.45) is 2.10. The SMILES string of the molecule is CCCCOC(=O)NN=Cc1nc(Cl)cc(Cl)c1C(=O)OCC. The number of carbonyl (C=O) groups is 2. The van der Waals surface area contributed by atoms with Crippen molar-refractivity contribution in [2.24, 2.45) is 5.10 Å². The minimum atomic E-state index is -0.708. The van der Waals surface area contributed by atoms with Crippen LogP contribution in [0, 0.1) is 0 Å². The summed E-state index contributed by atoms with van der Waals surface area (Å²) >= 11 is 11.8. The monoisotopic (exact) mass is 361 g/mol. The van der Waals surface area contributed by atoms with E-state index in [1.54, 1.807) is 6.92 Å². The van der Waals surface area contributed by atoms with Gasteiger partial charge in [0.25, 0.3) is 0 Å². The number of pyridine rings is 1. The molecular weight excluding hydrogens is 345 g/mol. The van der Waals surface area contributed by atoms with E-state index in [4.69, 9.17) is 32.7 Å². The Bertz CT molecular complexity index is 594. The minimum absolute atomic E-state index is 0.0165. The fourth-order valence-corrected chi connectivity index (χ4v) is 2.02. The molecule has 0 atom stereocenters. The summed E-state index contributed by atoms with van der Waals surface area (Å²) in [6.45, 7) is 4.12. The smallest absolute Gasteiger partial charge is 0.427 e. The molecule has 7 nitrogen and oxygen atoms in total. The van der Waals surface area contributed by atoms with Crippen LogP contribution in [0.2, 0.25) is 10.2 Å². The lowest BCUT2D eigenvalue weighted by atomic mass is 10.2. The molecular formula is C14H17Cl2N3O4. The summed E-state index contributed by atoms with van der Waals surface area (Å²) in [6, 6.07) is 1.32. The van der Waals surface area contributed by atoms with E-state index in [0.717, 1.165) is 19.1 Å². The average Bonchev–Trinajstić information content (AvgIpc) is 2.47. The van der Waals surface area contributed by atoms with Gasteiger partial charge in [-0.3, -0.25) is 0 Å². The number of amides is 1. The molecule has 0 saturated carbocycles. The molecule has 1 heterocycles. The minimum Gasteiger partial charge on any atom is -0.462 e. The first-order chi connectivity index (χ1) is 11.0. The number of hydrogen-bond acceptors (Lipinski definition) is 6. The lowest BCUT2D eigenvalue weighted by Gasteiger charge is -2.07. The van der Waals surface area contributed by atoms with Crippen LogP contribution in [0.1, 0.15) is 42.7 Å². The molecule has 0 unspecified atom stereocenters. The zero-order valence-corrected chi connectivity index (χ0v) is 14.3. The molecule has 9 heteroatoms. The fraction of sp³-hybridized carbons (Fsp3) is 0.429. The second kappa shape index (κ2) is 10.0. The van der Waals surface area contributed by atoms with Crippen molar-refractivity contribution in [3.63, 3.8) is 0 Å². The molecule has 0 bridgehead atoms. The van der Waals surface area contributed by atoms with Gasteiger partial charge in [0.15, 0.2) is 0 Å². The molecule has 23 heavy (non-hydrogen) atoms. The Hall–Kier alpha value is -1.86. The highest BCUT2D eigenvalue weighted by atomic mass is 35.5. The number of carbonyl (C=O) groups excluding carboxylic acids is 2. The largest absolute Gasteiger partial charge is 0.462 e. The van der Waals surface area contributed by atoms with Crippen molar-refractivity contribution in [3.8, 4) is 0 Å². The molecule has 1 N–H and O–H groups in total. The van der Waals surface area contributed by atoms with Crippen molar-refractivity contribution in [1.82, 2.24) is 10.4 Å². The second-order valence-corrected chi connectivity index (χ2v) is 5.06. The van der Waals surface area contributed by atoms with Gasteiger partial charge in [0, 0.05) is 0 Å². The van der Waals surface area contributed by atoms with Crippen molar-refractivity contribution >= 4 is 41.5 Å². The van der Waals surface area contributed by atoms with Crippen LogP contribution in [0.5, 0.6) is 0 Å². The molecule has 0 aromatic carbocycles. The quantitative estimate of drug-likeness (QED) is 0.264. The van der Waals surface area contributed by atoms with Crippen molar-refractivity contribution < 1.29 is 19.1 Å². The van der Waals surface area contributed by atoms with Gasteiger partial charge in [-0.15, -0.1) is 0 Å². The third-order valence-corrected chi connectivity index (χ3v) is 3.01. The highest BCUT2D eigenvalue weighted by molar-refractivity contribution is 6.36. The highest BCUT2D eigenvalue weighted by Gasteiger charge is 2.18. The molecule has 0 spiro atoms. The van der Waals surface area contributed by atoms with Crippen molar-refractivity contribution in [1.29, 1.82) is 0 Å². The van der Waals surface area contributed by atoms with Gasteiger partial charge in [0.2, 0.25) is 0 Å². The van der Waals surface area contributed by atoms with Gasteiger partial charge in [-0.25, -0.2) is 20.0 Å².